The summed E-state index contributed by atoms with van der Waals surface area (Å²) in [7, 11) is 0. The Morgan fingerprint density at radius 3 is 1.40 bits per heavy atom. The van der Waals surface area contributed by atoms with E-state index >= 15 is 0 Å². The Kier molecular flexibility index (Phi) is 30.8. The van der Waals surface area contributed by atoms with E-state index in [9.17, 15) is 40.5 Å². The van der Waals surface area contributed by atoms with Gasteiger partial charge in [-0.15, -0.1) is 0 Å². The van der Waals surface area contributed by atoms with Crippen molar-refractivity contribution in [3.8, 4) is 0 Å². The monoisotopic (exact) mass is 837 g/mol. The number of unbranched alkanes of at least 4 members (excludes halogenated alkanes) is 22. The predicted molar refractivity (Wildman–Crippen MR) is 220 cm³/mol. The molecule has 2 heterocycles. The van der Waals surface area contributed by atoms with Crippen molar-refractivity contribution < 1.29 is 69.0 Å². The van der Waals surface area contributed by atoms with Crippen molar-refractivity contribution in [2.75, 3.05) is 33.0 Å². The molecule has 11 atom stereocenters. The van der Waals surface area contributed by atoms with E-state index in [4.69, 9.17) is 28.4 Å². The van der Waals surface area contributed by atoms with Crippen molar-refractivity contribution in [2.24, 2.45) is 0 Å². The first-order valence-corrected chi connectivity index (χ1v) is 23.1. The summed E-state index contributed by atoms with van der Waals surface area (Å²) >= 11 is 0. The van der Waals surface area contributed by atoms with Crippen LogP contribution in [0.3, 0.4) is 0 Å². The number of hydrogen-bond acceptors (Lipinski definition) is 14. The van der Waals surface area contributed by atoms with Crippen LogP contribution in [0, 0.1) is 0 Å². The lowest BCUT2D eigenvalue weighted by atomic mass is 9.98. The molecule has 2 aliphatic rings. The Labute approximate surface area is 349 Å². The van der Waals surface area contributed by atoms with Crippen LogP contribution in [-0.4, -0.2) is 142 Å². The standard InChI is InChI=1S/C44H84O14/c1-3-5-7-9-11-13-15-16-17-18-19-21-23-25-27-36(46)56-33(30-53-28-26-24-22-20-14-12-10-8-6-4-2)31-54-43-42(52)40(50)38(48)35(58-43)32-55-44-41(51)39(49)37(47)34(29-45)57-44/h33-35,37-45,47-52H,3-32H2,1-2H3. The predicted octanol–water partition coefficient (Wildman–Crippen LogP) is 5.35. The summed E-state index contributed by atoms with van der Waals surface area (Å²) in [6, 6.07) is 0. The van der Waals surface area contributed by atoms with E-state index in [1.807, 2.05) is 0 Å². The van der Waals surface area contributed by atoms with Gasteiger partial charge < -0.3 is 64.2 Å². The third-order valence-corrected chi connectivity index (χ3v) is 11.4. The Hall–Kier alpha value is -1.01. The highest BCUT2D eigenvalue weighted by Crippen LogP contribution is 2.26. The van der Waals surface area contributed by atoms with Crippen LogP contribution in [0.2, 0.25) is 0 Å². The zero-order chi connectivity index (χ0) is 42.4. The molecular formula is C44H84O14. The molecule has 0 aliphatic carbocycles. The fourth-order valence-electron chi connectivity index (χ4n) is 7.52. The number of carbonyl (C=O) groups is 1. The summed E-state index contributed by atoms with van der Waals surface area (Å²) in [4.78, 5) is 12.9. The van der Waals surface area contributed by atoms with Crippen molar-refractivity contribution in [1.29, 1.82) is 0 Å². The quantitative estimate of drug-likeness (QED) is 0.0313. The van der Waals surface area contributed by atoms with E-state index in [2.05, 4.69) is 13.8 Å². The van der Waals surface area contributed by atoms with Gasteiger partial charge in [0, 0.05) is 13.0 Å². The molecule has 2 aliphatic heterocycles. The summed E-state index contributed by atoms with van der Waals surface area (Å²) < 4.78 is 34.1. The van der Waals surface area contributed by atoms with E-state index in [-0.39, 0.29) is 25.6 Å². The van der Waals surface area contributed by atoms with Crippen LogP contribution in [0.15, 0.2) is 0 Å². The highest BCUT2D eigenvalue weighted by Gasteiger charge is 2.47. The number of hydrogen-bond donors (Lipinski definition) is 7. The molecule has 2 rings (SSSR count). The number of aliphatic hydroxyl groups excluding tert-OH is 7. The van der Waals surface area contributed by atoms with Gasteiger partial charge in [-0.2, -0.15) is 0 Å². The second kappa shape index (κ2) is 33.6. The Morgan fingerprint density at radius 2 is 0.914 bits per heavy atom. The molecule has 11 unspecified atom stereocenters. The molecule has 14 heteroatoms. The van der Waals surface area contributed by atoms with Gasteiger partial charge in [-0.25, -0.2) is 0 Å². The Bertz CT molecular complexity index is 975. The average molecular weight is 837 g/mol. The zero-order valence-corrected chi connectivity index (χ0v) is 36.1. The topological polar surface area (TPSA) is 214 Å². The number of aliphatic hydroxyl groups is 7. The third-order valence-electron chi connectivity index (χ3n) is 11.4. The molecule has 2 saturated heterocycles. The van der Waals surface area contributed by atoms with E-state index in [0.717, 1.165) is 38.5 Å². The molecule has 0 bridgehead atoms. The average Bonchev–Trinajstić information content (AvgIpc) is 3.22. The highest BCUT2D eigenvalue weighted by molar-refractivity contribution is 5.69. The van der Waals surface area contributed by atoms with Crippen molar-refractivity contribution in [1.82, 2.24) is 0 Å². The van der Waals surface area contributed by atoms with Gasteiger partial charge >= 0.3 is 5.97 Å². The summed E-state index contributed by atoms with van der Waals surface area (Å²) in [5.74, 6) is -0.374. The minimum Gasteiger partial charge on any atom is -0.457 e. The maximum absolute atomic E-state index is 12.9. The summed E-state index contributed by atoms with van der Waals surface area (Å²) in [5, 5.41) is 71.8. The number of ether oxygens (including phenoxy) is 6. The zero-order valence-electron chi connectivity index (χ0n) is 36.1. The molecule has 0 aromatic heterocycles. The normalized spacial score (nSPS) is 28.2. The molecule has 2 fully saturated rings. The molecule has 7 N–H and O–H groups in total. The molecule has 0 saturated carbocycles. The first-order valence-electron chi connectivity index (χ1n) is 23.1. The number of rotatable bonds is 36. The molecule has 0 amide bonds. The highest BCUT2D eigenvalue weighted by atomic mass is 16.7. The van der Waals surface area contributed by atoms with Gasteiger partial charge in [0.15, 0.2) is 12.6 Å². The van der Waals surface area contributed by atoms with Crippen molar-refractivity contribution >= 4 is 5.97 Å². The molecule has 0 spiro atoms. The van der Waals surface area contributed by atoms with Gasteiger partial charge in [0.2, 0.25) is 0 Å². The second-order valence-electron chi connectivity index (χ2n) is 16.6. The fraction of sp³-hybridized carbons (Fsp3) is 0.977. The summed E-state index contributed by atoms with van der Waals surface area (Å²) in [6.45, 7) is 3.69. The fourth-order valence-corrected chi connectivity index (χ4v) is 7.52. The van der Waals surface area contributed by atoms with Gasteiger partial charge in [0.1, 0.15) is 54.9 Å². The first kappa shape index (κ1) is 53.1. The Balaban J connectivity index is 1.80. The summed E-state index contributed by atoms with van der Waals surface area (Å²) in [5.41, 5.74) is 0. The van der Waals surface area contributed by atoms with E-state index in [0.29, 0.717) is 13.0 Å². The molecule has 58 heavy (non-hydrogen) atoms. The summed E-state index contributed by atoms with van der Waals surface area (Å²) in [6.07, 6.45) is 13.1. The minimum atomic E-state index is -1.70. The van der Waals surface area contributed by atoms with Crippen LogP contribution in [-0.2, 0) is 33.2 Å². The lowest BCUT2D eigenvalue weighted by Gasteiger charge is -2.42. The van der Waals surface area contributed by atoms with Crippen LogP contribution >= 0.6 is 0 Å². The second-order valence-corrected chi connectivity index (χ2v) is 16.6. The number of esters is 1. The maximum Gasteiger partial charge on any atom is 0.306 e. The van der Waals surface area contributed by atoms with Crippen LogP contribution < -0.4 is 0 Å². The molecular weight excluding hydrogens is 752 g/mol. The maximum atomic E-state index is 12.9. The molecule has 0 aromatic rings. The first-order chi connectivity index (χ1) is 28.1. The van der Waals surface area contributed by atoms with Gasteiger partial charge in [0.25, 0.3) is 0 Å². The van der Waals surface area contributed by atoms with Gasteiger partial charge in [-0.1, -0.05) is 155 Å². The van der Waals surface area contributed by atoms with E-state index in [1.165, 1.54) is 109 Å². The Morgan fingerprint density at radius 1 is 0.500 bits per heavy atom. The van der Waals surface area contributed by atoms with E-state index < -0.39 is 80.7 Å². The molecule has 344 valence electrons. The molecule has 0 radical (unpaired) electrons. The van der Waals surface area contributed by atoms with Crippen LogP contribution in [0.5, 0.6) is 0 Å². The van der Waals surface area contributed by atoms with Gasteiger partial charge in [0.05, 0.1) is 26.4 Å². The third kappa shape index (κ3) is 22.2. The van der Waals surface area contributed by atoms with Gasteiger partial charge in [-0.3, -0.25) is 4.79 Å². The van der Waals surface area contributed by atoms with Crippen LogP contribution in [0.4, 0.5) is 0 Å². The largest absolute Gasteiger partial charge is 0.457 e. The lowest BCUT2D eigenvalue weighted by Crippen LogP contribution is -2.61. The van der Waals surface area contributed by atoms with E-state index in [1.54, 1.807) is 0 Å². The SMILES string of the molecule is CCCCCCCCCCCCCCCCC(=O)OC(COCCCCCCCCCCCC)COC1OC(COC2OC(CO)C(O)C(O)C2O)C(O)C(O)C1O. The van der Waals surface area contributed by atoms with Crippen molar-refractivity contribution in [3.63, 3.8) is 0 Å². The van der Waals surface area contributed by atoms with Gasteiger partial charge in [-0.05, 0) is 12.8 Å². The van der Waals surface area contributed by atoms with Crippen LogP contribution in [0.1, 0.15) is 174 Å². The molecule has 14 nitrogen and oxygen atoms in total. The van der Waals surface area contributed by atoms with Crippen LogP contribution in [0.25, 0.3) is 0 Å². The minimum absolute atomic E-state index is 0.0690. The smallest absolute Gasteiger partial charge is 0.306 e. The lowest BCUT2D eigenvalue weighted by molar-refractivity contribution is -0.332. The van der Waals surface area contributed by atoms with Crippen molar-refractivity contribution in [2.45, 2.75) is 242 Å². The number of carbonyl (C=O) groups excluding carboxylic acids is 1. The molecule has 0 aromatic carbocycles. The van der Waals surface area contributed by atoms with Crippen molar-refractivity contribution in [3.05, 3.63) is 0 Å².